The molecule has 0 spiro atoms. The monoisotopic (exact) mass is 416 g/mol. The highest BCUT2D eigenvalue weighted by atomic mass is 16.4. The number of aryl methyl sites for hydroxylation is 2. The number of aliphatic imine (C=N–C) groups is 1. The predicted molar refractivity (Wildman–Crippen MR) is 121 cm³/mol. The second-order valence-electron chi connectivity index (χ2n) is 9.29. The molecule has 1 N–H and O–H groups in total. The fraction of sp³-hybridized carbons (Fsp3) is 0.826. The van der Waals surface area contributed by atoms with E-state index in [2.05, 4.69) is 31.9 Å². The normalized spacial score (nSPS) is 24.8. The maximum atomic E-state index is 5.76. The van der Waals surface area contributed by atoms with Crippen LogP contribution in [-0.4, -0.2) is 84.0 Å². The van der Waals surface area contributed by atoms with Crippen molar-refractivity contribution in [3.8, 4) is 0 Å². The predicted octanol–water partition coefficient (Wildman–Crippen LogP) is 2.64. The summed E-state index contributed by atoms with van der Waals surface area (Å²) in [5, 5.41) is 3.55. The topological polar surface area (TPSA) is 60.1 Å². The zero-order valence-electron chi connectivity index (χ0n) is 19.2. The molecule has 0 saturated carbocycles. The van der Waals surface area contributed by atoms with Crippen LogP contribution in [0, 0.1) is 19.8 Å². The van der Waals surface area contributed by atoms with Crippen molar-refractivity contribution in [2.24, 2.45) is 10.9 Å². The summed E-state index contributed by atoms with van der Waals surface area (Å²) in [6.07, 6.45) is 6.44. The Morgan fingerprint density at radius 1 is 1.10 bits per heavy atom. The summed E-state index contributed by atoms with van der Waals surface area (Å²) in [6, 6.07) is 0.724. The lowest BCUT2D eigenvalue weighted by Gasteiger charge is -2.31. The zero-order chi connectivity index (χ0) is 20.9. The maximum Gasteiger partial charge on any atom is 0.208 e. The third-order valence-electron chi connectivity index (χ3n) is 7.09. The molecule has 0 aliphatic carbocycles. The van der Waals surface area contributed by atoms with Gasteiger partial charge in [-0.1, -0.05) is 0 Å². The molecule has 0 amide bonds. The van der Waals surface area contributed by atoms with E-state index in [0.717, 1.165) is 75.2 Å². The van der Waals surface area contributed by atoms with Gasteiger partial charge in [0.15, 0.2) is 5.96 Å². The van der Waals surface area contributed by atoms with E-state index in [1.165, 1.54) is 45.2 Å². The molecule has 4 heterocycles. The number of guanidine groups is 1. The van der Waals surface area contributed by atoms with Crippen molar-refractivity contribution < 1.29 is 4.42 Å². The van der Waals surface area contributed by atoms with Gasteiger partial charge in [-0.2, -0.15) is 0 Å². The van der Waals surface area contributed by atoms with E-state index in [0.29, 0.717) is 5.92 Å². The van der Waals surface area contributed by atoms with Crippen molar-refractivity contribution in [3.05, 3.63) is 17.3 Å². The molecule has 3 aliphatic rings. The number of likely N-dealkylation sites (tertiary alicyclic amines) is 3. The Kier molecular flexibility index (Phi) is 7.31. The Morgan fingerprint density at radius 3 is 2.53 bits per heavy atom. The van der Waals surface area contributed by atoms with Crippen molar-refractivity contribution in [3.63, 3.8) is 0 Å². The largest absolute Gasteiger partial charge is 0.444 e. The Bertz CT molecular complexity index is 683. The molecule has 0 aromatic carbocycles. The molecule has 7 heteroatoms. The van der Waals surface area contributed by atoms with E-state index in [9.17, 15) is 0 Å². The van der Waals surface area contributed by atoms with Gasteiger partial charge in [-0.3, -0.25) is 14.8 Å². The number of nitrogens with one attached hydrogen (secondary N) is 1. The Balaban J connectivity index is 1.24. The van der Waals surface area contributed by atoms with Gasteiger partial charge < -0.3 is 14.6 Å². The van der Waals surface area contributed by atoms with Gasteiger partial charge in [-0.15, -0.1) is 0 Å². The standard InChI is InChI=1S/C23H40N6O/c1-4-24-23(29-14-9-21(16-29)28-10-5-6-11-28)25-15-20-7-12-27(13-8-20)17-22-26-18(2)19(3)30-22/h20-21H,4-17H2,1-3H3,(H,24,25). The molecule has 168 valence electrons. The summed E-state index contributed by atoms with van der Waals surface area (Å²) in [5.41, 5.74) is 1.01. The summed E-state index contributed by atoms with van der Waals surface area (Å²) in [5.74, 6) is 3.61. The van der Waals surface area contributed by atoms with Crippen LogP contribution < -0.4 is 5.32 Å². The van der Waals surface area contributed by atoms with Gasteiger partial charge in [0.25, 0.3) is 0 Å². The summed E-state index contributed by atoms with van der Waals surface area (Å²) >= 11 is 0. The van der Waals surface area contributed by atoms with Gasteiger partial charge >= 0.3 is 0 Å². The van der Waals surface area contributed by atoms with Gasteiger partial charge in [-0.05, 0) is 85.0 Å². The molecule has 1 atom stereocenters. The number of hydrogen-bond donors (Lipinski definition) is 1. The van der Waals surface area contributed by atoms with Crippen LogP contribution in [0.25, 0.3) is 0 Å². The minimum absolute atomic E-state index is 0.680. The van der Waals surface area contributed by atoms with Crippen molar-refractivity contribution in [1.29, 1.82) is 0 Å². The zero-order valence-corrected chi connectivity index (χ0v) is 19.2. The fourth-order valence-corrected chi connectivity index (χ4v) is 5.11. The van der Waals surface area contributed by atoms with Crippen LogP contribution in [-0.2, 0) is 6.54 Å². The first-order valence-electron chi connectivity index (χ1n) is 12.0. The third-order valence-corrected chi connectivity index (χ3v) is 7.09. The van der Waals surface area contributed by atoms with E-state index in [1.807, 2.05) is 13.8 Å². The molecule has 4 rings (SSSR count). The van der Waals surface area contributed by atoms with Crippen molar-refractivity contribution in [1.82, 2.24) is 25.0 Å². The summed E-state index contributed by atoms with van der Waals surface area (Å²) in [6.45, 7) is 16.0. The molecule has 3 saturated heterocycles. The summed E-state index contributed by atoms with van der Waals surface area (Å²) in [7, 11) is 0. The average Bonchev–Trinajstić information content (AvgIpc) is 3.48. The van der Waals surface area contributed by atoms with Crippen molar-refractivity contribution in [2.75, 3.05) is 52.4 Å². The number of rotatable bonds is 6. The van der Waals surface area contributed by atoms with Gasteiger partial charge in [0, 0.05) is 32.2 Å². The molecule has 1 unspecified atom stereocenters. The van der Waals surface area contributed by atoms with E-state index in [-0.39, 0.29) is 0 Å². The minimum Gasteiger partial charge on any atom is -0.444 e. The van der Waals surface area contributed by atoms with Crippen LogP contribution in [0.2, 0.25) is 0 Å². The van der Waals surface area contributed by atoms with Gasteiger partial charge in [0.05, 0.1) is 12.2 Å². The second kappa shape index (κ2) is 10.1. The molecule has 3 aliphatic heterocycles. The maximum absolute atomic E-state index is 5.76. The highest BCUT2D eigenvalue weighted by Crippen LogP contribution is 2.22. The van der Waals surface area contributed by atoms with Crippen LogP contribution in [0.4, 0.5) is 0 Å². The van der Waals surface area contributed by atoms with Gasteiger partial charge in [0.2, 0.25) is 5.89 Å². The molecule has 1 aromatic rings. The minimum atomic E-state index is 0.680. The molecule has 30 heavy (non-hydrogen) atoms. The van der Waals surface area contributed by atoms with E-state index >= 15 is 0 Å². The highest BCUT2D eigenvalue weighted by molar-refractivity contribution is 5.80. The molecular formula is C23H40N6O. The van der Waals surface area contributed by atoms with Gasteiger partial charge in [-0.25, -0.2) is 4.98 Å². The van der Waals surface area contributed by atoms with Crippen molar-refractivity contribution >= 4 is 5.96 Å². The molecule has 7 nitrogen and oxygen atoms in total. The summed E-state index contributed by atoms with van der Waals surface area (Å²) < 4.78 is 5.76. The number of nitrogens with zero attached hydrogens (tertiary/aromatic N) is 5. The number of hydrogen-bond acceptors (Lipinski definition) is 5. The molecule has 0 radical (unpaired) electrons. The van der Waals surface area contributed by atoms with E-state index in [1.54, 1.807) is 0 Å². The van der Waals surface area contributed by atoms with Crippen LogP contribution in [0.3, 0.4) is 0 Å². The van der Waals surface area contributed by atoms with Crippen LogP contribution in [0.1, 0.15) is 56.4 Å². The molecular weight excluding hydrogens is 376 g/mol. The second-order valence-corrected chi connectivity index (χ2v) is 9.29. The molecule has 0 bridgehead atoms. The number of oxazole rings is 1. The van der Waals surface area contributed by atoms with E-state index in [4.69, 9.17) is 9.41 Å². The van der Waals surface area contributed by atoms with Crippen molar-refractivity contribution in [2.45, 2.75) is 65.5 Å². The first-order chi connectivity index (χ1) is 14.6. The Labute approximate surface area is 181 Å². The Hall–Kier alpha value is -1.60. The first kappa shape index (κ1) is 21.6. The van der Waals surface area contributed by atoms with Crippen LogP contribution in [0.5, 0.6) is 0 Å². The molecule has 1 aromatic heterocycles. The first-order valence-corrected chi connectivity index (χ1v) is 12.0. The Morgan fingerprint density at radius 2 is 1.87 bits per heavy atom. The third kappa shape index (κ3) is 5.35. The summed E-state index contributed by atoms with van der Waals surface area (Å²) in [4.78, 5) is 17.3. The quantitative estimate of drug-likeness (QED) is 0.568. The smallest absolute Gasteiger partial charge is 0.208 e. The number of aromatic nitrogens is 1. The average molecular weight is 417 g/mol. The number of piperidine rings is 1. The fourth-order valence-electron chi connectivity index (χ4n) is 5.11. The van der Waals surface area contributed by atoms with Crippen LogP contribution in [0.15, 0.2) is 9.41 Å². The van der Waals surface area contributed by atoms with E-state index < -0.39 is 0 Å². The lowest BCUT2D eigenvalue weighted by atomic mass is 9.97. The lowest BCUT2D eigenvalue weighted by molar-refractivity contribution is 0.166. The lowest BCUT2D eigenvalue weighted by Crippen LogP contribution is -2.43. The van der Waals surface area contributed by atoms with Crippen LogP contribution >= 0.6 is 0 Å². The SMILES string of the molecule is CCNC(=NCC1CCN(Cc2nc(C)c(C)o2)CC1)N1CCC(N2CCCC2)C1. The molecule has 3 fully saturated rings. The van der Waals surface area contributed by atoms with Gasteiger partial charge in [0.1, 0.15) is 5.76 Å². The highest BCUT2D eigenvalue weighted by Gasteiger charge is 2.31.